The third kappa shape index (κ3) is 5.46. The van der Waals surface area contributed by atoms with Gasteiger partial charge in [-0.25, -0.2) is 0 Å². The molecule has 7 heteroatoms. The van der Waals surface area contributed by atoms with Crippen molar-refractivity contribution in [1.29, 1.82) is 5.41 Å². The van der Waals surface area contributed by atoms with Crippen LogP contribution in [0.5, 0.6) is 0 Å². The fraction of sp³-hybridized carbons (Fsp3) is 0.300. The number of benzene rings is 1. The van der Waals surface area contributed by atoms with Gasteiger partial charge < -0.3 is 16.4 Å². The minimum atomic E-state index is 0. The summed E-state index contributed by atoms with van der Waals surface area (Å²) in [7, 11) is 0. The summed E-state index contributed by atoms with van der Waals surface area (Å²) < 4.78 is 0. The van der Waals surface area contributed by atoms with Crippen molar-refractivity contribution in [2.45, 2.75) is 13.5 Å². The predicted molar refractivity (Wildman–Crippen MR) is 78.9 cm³/mol. The molecule has 0 amide bonds. The fourth-order valence-electron chi connectivity index (χ4n) is 1.19. The molecule has 0 saturated heterocycles. The minimum absolute atomic E-state index is 0. The molecule has 0 aliphatic rings. The number of rotatable bonds is 3. The highest BCUT2D eigenvalue weighted by atomic mass is 35.5. The van der Waals surface area contributed by atoms with Gasteiger partial charge in [-0.2, -0.15) is 0 Å². The monoisotopic (exact) mass is 298 g/mol. The molecule has 0 aliphatic carbocycles. The number of anilines is 1. The lowest BCUT2D eigenvalue weighted by molar-refractivity contribution is 0.954. The van der Waals surface area contributed by atoms with Gasteiger partial charge in [0.15, 0.2) is 5.96 Å². The molecule has 98 valence electrons. The molecular formula is C10H17Cl3N4. The maximum Gasteiger partial charge on any atom is 0.192 e. The number of halogens is 3. The Bertz CT molecular complexity index is 357. The van der Waals surface area contributed by atoms with E-state index in [4.69, 9.17) is 22.7 Å². The zero-order chi connectivity index (χ0) is 11.3. The lowest BCUT2D eigenvalue weighted by Gasteiger charge is -2.12. The molecule has 0 saturated carbocycles. The van der Waals surface area contributed by atoms with E-state index >= 15 is 0 Å². The zero-order valence-electron chi connectivity index (χ0n) is 9.42. The number of hydrogen-bond donors (Lipinski definition) is 4. The van der Waals surface area contributed by atoms with Gasteiger partial charge in [-0.05, 0) is 18.6 Å². The van der Waals surface area contributed by atoms with Gasteiger partial charge in [-0.15, -0.1) is 24.8 Å². The van der Waals surface area contributed by atoms with Crippen molar-refractivity contribution in [2.24, 2.45) is 5.73 Å². The topological polar surface area (TPSA) is 73.9 Å². The SMILES string of the molecule is CCNC(=N)Nc1cccc(CN)c1Cl.Cl.Cl. The van der Waals surface area contributed by atoms with Crippen LogP contribution in [0.1, 0.15) is 12.5 Å². The van der Waals surface area contributed by atoms with Crippen LogP contribution in [0, 0.1) is 5.41 Å². The second-order valence-electron chi connectivity index (χ2n) is 3.01. The molecule has 4 nitrogen and oxygen atoms in total. The third-order valence-corrected chi connectivity index (χ3v) is 2.36. The van der Waals surface area contributed by atoms with Crippen LogP contribution >= 0.6 is 36.4 Å². The molecule has 5 N–H and O–H groups in total. The van der Waals surface area contributed by atoms with E-state index in [1.807, 2.05) is 25.1 Å². The highest BCUT2D eigenvalue weighted by molar-refractivity contribution is 6.34. The van der Waals surface area contributed by atoms with Gasteiger partial charge >= 0.3 is 0 Å². The third-order valence-electron chi connectivity index (χ3n) is 1.91. The van der Waals surface area contributed by atoms with Crippen molar-refractivity contribution in [3.63, 3.8) is 0 Å². The van der Waals surface area contributed by atoms with E-state index < -0.39 is 0 Å². The second kappa shape index (κ2) is 9.36. The number of hydrogen-bond acceptors (Lipinski definition) is 2. The van der Waals surface area contributed by atoms with Gasteiger partial charge in [0.05, 0.1) is 10.7 Å². The van der Waals surface area contributed by atoms with E-state index in [2.05, 4.69) is 10.6 Å². The summed E-state index contributed by atoms with van der Waals surface area (Å²) in [5, 5.41) is 13.8. The molecule has 0 heterocycles. The summed E-state index contributed by atoms with van der Waals surface area (Å²) in [6, 6.07) is 5.54. The molecule has 1 rings (SSSR count). The van der Waals surface area contributed by atoms with Gasteiger partial charge in [0.25, 0.3) is 0 Å². The Morgan fingerprint density at radius 3 is 2.59 bits per heavy atom. The summed E-state index contributed by atoms with van der Waals surface area (Å²) in [5.74, 6) is 0.230. The maximum absolute atomic E-state index is 7.54. The summed E-state index contributed by atoms with van der Waals surface area (Å²) in [6.45, 7) is 3.01. The Balaban J connectivity index is 0. The van der Waals surface area contributed by atoms with Crippen LogP contribution in [0.3, 0.4) is 0 Å². The Kier molecular flexibility index (Phi) is 10.3. The van der Waals surface area contributed by atoms with Gasteiger partial charge in [0.2, 0.25) is 0 Å². The first-order valence-electron chi connectivity index (χ1n) is 4.76. The quantitative estimate of drug-likeness (QED) is 0.512. The first-order chi connectivity index (χ1) is 7.19. The van der Waals surface area contributed by atoms with Gasteiger partial charge in [0.1, 0.15) is 0 Å². The van der Waals surface area contributed by atoms with Crippen molar-refractivity contribution >= 4 is 48.1 Å². The molecule has 0 unspecified atom stereocenters. The molecule has 1 aromatic rings. The molecule has 17 heavy (non-hydrogen) atoms. The van der Waals surface area contributed by atoms with E-state index in [-0.39, 0.29) is 30.8 Å². The van der Waals surface area contributed by atoms with Crippen LogP contribution in [-0.4, -0.2) is 12.5 Å². The highest BCUT2D eigenvalue weighted by Gasteiger charge is 2.05. The second-order valence-corrected chi connectivity index (χ2v) is 3.39. The van der Waals surface area contributed by atoms with E-state index in [9.17, 15) is 0 Å². The zero-order valence-corrected chi connectivity index (χ0v) is 11.8. The first kappa shape index (κ1) is 18.7. The summed E-state index contributed by atoms with van der Waals surface area (Å²) >= 11 is 6.09. The molecule has 0 atom stereocenters. The summed E-state index contributed by atoms with van der Waals surface area (Å²) in [6.07, 6.45) is 0. The molecule has 0 bridgehead atoms. The number of guanidine groups is 1. The summed E-state index contributed by atoms with van der Waals surface area (Å²) in [4.78, 5) is 0. The number of nitrogens with one attached hydrogen (secondary N) is 3. The van der Waals surface area contributed by atoms with Gasteiger partial charge in [-0.3, -0.25) is 5.41 Å². The van der Waals surface area contributed by atoms with Crippen LogP contribution in [0.4, 0.5) is 5.69 Å². The van der Waals surface area contributed by atoms with Gasteiger partial charge in [-0.1, -0.05) is 23.7 Å². The molecule has 0 aromatic heterocycles. The Morgan fingerprint density at radius 1 is 1.41 bits per heavy atom. The molecule has 0 spiro atoms. The smallest absolute Gasteiger partial charge is 0.192 e. The molecule has 0 radical (unpaired) electrons. The van der Waals surface area contributed by atoms with E-state index in [0.717, 1.165) is 5.56 Å². The van der Waals surface area contributed by atoms with Gasteiger partial charge in [0, 0.05) is 13.1 Å². The Hall–Kier alpha value is -0.680. The van der Waals surface area contributed by atoms with Crippen molar-refractivity contribution in [3.05, 3.63) is 28.8 Å². The standard InChI is InChI=1S/C10H15ClN4.2ClH/c1-2-14-10(13)15-8-5-3-4-7(6-12)9(8)11;;/h3-5H,2,6,12H2,1H3,(H3,13,14,15);2*1H. The maximum atomic E-state index is 7.54. The normalized spacial score (nSPS) is 8.65. The Labute approximate surface area is 119 Å². The van der Waals surface area contributed by atoms with E-state index in [1.54, 1.807) is 0 Å². The minimum Gasteiger partial charge on any atom is -0.357 e. The lowest BCUT2D eigenvalue weighted by Crippen LogP contribution is -2.29. The predicted octanol–water partition coefficient (Wildman–Crippen LogP) is 2.60. The van der Waals surface area contributed by atoms with Crippen LogP contribution in [-0.2, 0) is 6.54 Å². The highest BCUT2D eigenvalue weighted by Crippen LogP contribution is 2.25. The van der Waals surface area contributed by atoms with Crippen molar-refractivity contribution in [1.82, 2.24) is 5.32 Å². The molecule has 0 fully saturated rings. The van der Waals surface area contributed by atoms with E-state index in [0.29, 0.717) is 23.8 Å². The average molecular weight is 300 g/mol. The number of nitrogens with two attached hydrogens (primary N) is 1. The fourth-order valence-corrected chi connectivity index (χ4v) is 1.44. The molecule has 1 aromatic carbocycles. The average Bonchev–Trinajstić information content (AvgIpc) is 2.21. The largest absolute Gasteiger partial charge is 0.357 e. The van der Waals surface area contributed by atoms with E-state index in [1.165, 1.54) is 0 Å². The van der Waals surface area contributed by atoms with Crippen LogP contribution in [0.25, 0.3) is 0 Å². The molecular weight excluding hydrogens is 282 g/mol. The van der Waals surface area contributed by atoms with Crippen molar-refractivity contribution in [2.75, 3.05) is 11.9 Å². The lowest BCUT2D eigenvalue weighted by atomic mass is 10.2. The van der Waals surface area contributed by atoms with Crippen LogP contribution < -0.4 is 16.4 Å². The van der Waals surface area contributed by atoms with Crippen LogP contribution in [0.2, 0.25) is 5.02 Å². The van der Waals surface area contributed by atoms with Crippen molar-refractivity contribution < 1.29 is 0 Å². The Morgan fingerprint density at radius 2 is 2.06 bits per heavy atom. The van der Waals surface area contributed by atoms with Crippen LogP contribution in [0.15, 0.2) is 18.2 Å². The van der Waals surface area contributed by atoms with Crippen molar-refractivity contribution in [3.8, 4) is 0 Å². The summed E-state index contributed by atoms with van der Waals surface area (Å²) in [5.41, 5.74) is 7.09. The molecule has 0 aliphatic heterocycles. The first-order valence-corrected chi connectivity index (χ1v) is 5.13.